The van der Waals surface area contributed by atoms with Crippen molar-refractivity contribution in [2.24, 2.45) is 5.92 Å². The molecule has 1 N–H and O–H groups in total. The first kappa shape index (κ1) is 8.97. The van der Waals surface area contributed by atoms with E-state index in [9.17, 15) is 4.79 Å². The van der Waals surface area contributed by atoms with Crippen LogP contribution >= 0.6 is 0 Å². The Bertz CT molecular complexity index is 203. The molecule has 2 aliphatic rings. The van der Waals surface area contributed by atoms with Crippen LogP contribution in [0, 0.1) is 5.92 Å². The molecule has 4 heteroatoms. The van der Waals surface area contributed by atoms with Gasteiger partial charge in [-0.2, -0.15) is 0 Å². The van der Waals surface area contributed by atoms with E-state index in [4.69, 9.17) is 9.84 Å². The summed E-state index contributed by atoms with van der Waals surface area (Å²) >= 11 is 0. The molecule has 2 fully saturated rings. The van der Waals surface area contributed by atoms with Crippen LogP contribution in [0.3, 0.4) is 0 Å². The quantitative estimate of drug-likeness (QED) is 0.637. The molecule has 1 saturated heterocycles. The van der Waals surface area contributed by atoms with Gasteiger partial charge in [0.2, 0.25) is 5.91 Å². The van der Waals surface area contributed by atoms with Crippen molar-refractivity contribution in [1.29, 1.82) is 0 Å². The van der Waals surface area contributed by atoms with Gasteiger partial charge in [0, 0.05) is 19.0 Å². The molecule has 1 atom stereocenters. The monoisotopic (exact) mass is 185 g/mol. The predicted octanol–water partition coefficient (Wildman–Crippen LogP) is -0.384. The van der Waals surface area contributed by atoms with Gasteiger partial charge in [0.25, 0.3) is 0 Å². The van der Waals surface area contributed by atoms with Gasteiger partial charge in [-0.3, -0.25) is 4.79 Å². The zero-order valence-electron chi connectivity index (χ0n) is 7.61. The number of carbonyl (C=O) groups excluding carboxylic acids is 1. The molecule has 1 heterocycles. The Hall–Kier alpha value is -0.610. The summed E-state index contributed by atoms with van der Waals surface area (Å²) in [7, 11) is 0. The topological polar surface area (TPSA) is 49.8 Å². The van der Waals surface area contributed by atoms with Crippen LogP contribution in [0.4, 0.5) is 0 Å². The van der Waals surface area contributed by atoms with Gasteiger partial charge in [0.1, 0.15) is 0 Å². The van der Waals surface area contributed by atoms with E-state index in [0.29, 0.717) is 19.7 Å². The second kappa shape index (κ2) is 3.64. The Kier molecular flexibility index (Phi) is 2.51. The van der Waals surface area contributed by atoms with Crippen molar-refractivity contribution < 1.29 is 14.6 Å². The highest BCUT2D eigenvalue weighted by Crippen LogP contribution is 2.31. The number of aliphatic hydroxyl groups excluding tert-OH is 1. The summed E-state index contributed by atoms with van der Waals surface area (Å²) < 4.78 is 5.26. The fraction of sp³-hybridized carbons (Fsp3) is 0.889. The van der Waals surface area contributed by atoms with E-state index in [1.54, 1.807) is 0 Å². The second-order valence-corrected chi connectivity index (χ2v) is 3.73. The van der Waals surface area contributed by atoms with Crippen LogP contribution in [0.15, 0.2) is 0 Å². The molecule has 1 amide bonds. The summed E-state index contributed by atoms with van der Waals surface area (Å²) in [6.07, 6.45) is 1.91. The average Bonchev–Trinajstić information content (AvgIpc) is 3.00. The van der Waals surface area contributed by atoms with Crippen molar-refractivity contribution in [3.63, 3.8) is 0 Å². The summed E-state index contributed by atoms with van der Waals surface area (Å²) in [5.41, 5.74) is 0. The van der Waals surface area contributed by atoms with Gasteiger partial charge in [0.15, 0.2) is 0 Å². The third kappa shape index (κ3) is 2.00. The number of morpholine rings is 1. The van der Waals surface area contributed by atoms with Crippen molar-refractivity contribution >= 4 is 5.91 Å². The fourth-order valence-electron chi connectivity index (χ4n) is 1.62. The Labute approximate surface area is 77.5 Å². The largest absolute Gasteiger partial charge is 0.394 e. The lowest BCUT2D eigenvalue weighted by Gasteiger charge is -2.32. The van der Waals surface area contributed by atoms with Crippen LogP contribution < -0.4 is 0 Å². The Morgan fingerprint density at radius 1 is 1.54 bits per heavy atom. The van der Waals surface area contributed by atoms with E-state index in [1.807, 2.05) is 4.90 Å². The molecule has 0 spiro atoms. The van der Waals surface area contributed by atoms with E-state index in [-0.39, 0.29) is 24.5 Å². The molecule has 0 bridgehead atoms. The molecule has 1 aliphatic carbocycles. The van der Waals surface area contributed by atoms with E-state index >= 15 is 0 Å². The van der Waals surface area contributed by atoms with Gasteiger partial charge < -0.3 is 14.7 Å². The molecule has 0 aromatic carbocycles. The lowest BCUT2D eigenvalue weighted by atomic mass is 10.2. The van der Waals surface area contributed by atoms with Crippen LogP contribution in [0.1, 0.15) is 12.8 Å². The lowest BCUT2D eigenvalue weighted by Crippen LogP contribution is -2.47. The predicted molar refractivity (Wildman–Crippen MR) is 46.1 cm³/mol. The SMILES string of the molecule is O=C(C1CC1)N1CCOC(CO)C1. The molecule has 13 heavy (non-hydrogen) atoms. The maximum absolute atomic E-state index is 11.6. The first-order chi connectivity index (χ1) is 6.31. The number of nitrogens with zero attached hydrogens (tertiary/aromatic N) is 1. The van der Waals surface area contributed by atoms with Gasteiger partial charge in [-0.05, 0) is 12.8 Å². The van der Waals surface area contributed by atoms with E-state index in [2.05, 4.69) is 0 Å². The Morgan fingerprint density at radius 2 is 2.31 bits per heavy atom. The highest BCUT2D eigenvalue weighted by Gasteiger charge is 2.35. The summed E-state index contributed by atoms with van der Waals surface area (Å²) in [6.45, 7) is 1.82. The number of aliphatic hydroxyl groups is 1. The van der Waals surface area contributed by atoms with Crippen molar-refractivity contribution in [2.75, 3.05) is 26.3 Å². The van der Waals surface area contributed by atoms with Crippen molar-refractivity contribution in [2.45, 2.75) is 18.9 Å². The minimum atomic E-state index is -0.170. The number of carbonyl (C=O) groups is 1. The first-order valence-corrected chi connectivity index (χ1v) is 4.82. The Balaban J connectivity index is 1.87. The summed E-state index contributed by atoms with van der Waals surface area (Å²) in [6, 6.07) is 0. The number of ether oxygens (including phenoxy) is 1. The zero-order valence-corrected chi connectivity index (χ0v) is 7.61. The normalized spacial score (nSPS) is 29.0. The van der Waals surface area contributed by atoms with Gasteiger partial charge >= 0.3 is 0 Å². The number of rotatable bonds is 2. The van der Waals surface area contributed by atoms with Crippen molar-refractivity contribution in [3.05, 3.63) is 0 Å². The summed E-state index contributed by atoms with van der Waals surface area (Å²) in [4.78, 5) is 13.4. The molecule has 1 saturated carbocycles. The number of hydrogen-bond acceptors (Lipinski definition) is 3. The molecule has 0 radical (unpaired) electrons. The van der Waals surface area contributed by atoms with Gasteiger partial charge in [-0.1, -0.05) is 0 Å². The van der Waals surface area contributed by atoms with E-state index in [1.165, 1.54) is 0 Å². The smallest absolute Gasteiger partial charge is 0.225 e. The minimum Gasteiger partial charge on any atom is -0.394 e. The molecule has 2 rings (SSSR count). The third-order valence-electron chi connectivity index (χ3n) is 2.58. The molecule has 1 unspecified atom stereocenters. The highest BCUT2D eigenvalue weighted by molar-refractivity contribution is 5.81. The zero-order chi connectivity index (χ0) is 9.26. The maximum atomic E-state index is 11.6. The van der Waals surface area contributed by atoms with Crippen LogP contribution in [-0.4, -0.2) is 48.3 Å². The molecule has 0 aromatic heterocycles. The van der Waals surface area contributed by atoms with Crippen LogP contribution in [0.25, 0.3) is 0 Å². The fourth-order valence-corrected chi connectivity index (χ4v) is 1.62. The molecule has 4 nitrogen and oxygen atoms in total. The molecule has 1 aliphatic heterocycles. The number of amides is 1. The molecular formula is C9H15NO3. The Morgan fingerprint density at radius 3 is 2.92 bits per heavy atom. The van der Waals surface area contributed by atoms with Crippen LogP contribution in [0.5, 0.6) is 0 Å². The molecule has 74 valence electrons. The third-order valence-corrected chi connectivity index (χ3v) is 2.58. The number of hydrogen-bond donors (Lipinski definition) is 1. The standard InChI is InChI=1S/C9H15NO3/c11-6-8-5-10(3-4-13-8)9(12)7-1-2-7/h7-8,11H,1-6H2. The van der Waals surface area contributed by atoms with Crippen molar-refractivity contribution in [3.8, 4) is 0 Å². The average molecular weight is 185 g/mol. The maximum Gasteiger partial charge on any atom is 0.225 e. The van der Waals surface area contributed by atoms with Crippen LogP contribution in [-0.2, 0) is 9.53 Å². The van der Waals surface area contributed by atoms with Gasteiger partial charge in [0.05, 0.1) is 19.3 Å². The van der Waals surface area contributed by atoms with Crippen LogP contribution in [0.2, 0.25) is 0 Å². The van der Waals surface area contributed by atoms with Gasteiger partial charge in [-0.15, -0.1) is 0 Å². The summed E-state index contributed by atoms with van der Waals surface area (Å²) in [5.74, 6) is 0.527. The van der Waals surface area contributed by atoms with Crippen molar-refractivity contribution in [1.82, 2.24) is 4.90 Å². The molecule has 0 aromatic rings. The highest BCUT2D eigenvalue weighted by atomic mass is 16.5. The van der Waals surface area contributed by atoms with E-state index in [0.717, 1.165) is 12.8 Å². The lowest BCUT2D eigenvalue weighted by molar-refractivity contribution is -0.141. The van der Waals surface area contributed by atoms with Gasteiger partial charge in [-0.25, -0.2) is 0 Å². The second-order valence-electron chi connectivity index (χ2n) is 3.73. The summed E-state index contributed by atoms with van der Waals surface area (Å²) in [5, 5.41) is 8.88. The minimum absolute atomic E-state index is 0.00838. The first-order valence-electron chi connectivity index (χ1n) is 4.82. The molecular weight excluding hydrogens is 170 g/mol. The van der Waals surface area contributed by atoms with E-state index < -0.39 is 0 Å².